The molecule has 7 rings (SSSR count). The summed E-state index contributed by atoms with van der Waals surface area (Å²) in [6.45, 7) is 14.3. The van der Waals surface area contributed by atoms with E-state index < -0.39 is 82.8 Å². The van der Waals surface area contributed by atoms with E-state index in [1.165, 1.54) is 28.0 Å². The van der Waals surface area contributed by atoms with E-state index in [1.54, 1.807) is 27.9 Å². The van der Waals surface area contributed by atoms with Crippen LogP contribution >= 0.6 is 37.2 Å². The van der Waals surface area contributed by atoms with Crippen molar-refractivity contribution in [2.75, 3.05) is 27.2 Å². The van der Waals surface area contributed by atoms with Crippen LogP contribution in [0.3, 0.4) is 0 Å². The molecule has 10 atom stereocenters. The molecule has 2 fully saturated rings. The van der Waals surface area contributed by atoms with Crippen LogP contribution in [-0.4, -0.2) is 138 Å². The molecule has 2 aliphatic carbocycles. The molecule has 8 amide bonds. The molecule has 2 aromatic carbocycles. The summed E-state index contributed by atoms with van der Waals surface area (Å²) in [4.78, 5) is 120. The van der Waals surface area contributed by atoms with Crippen molar-refractivity contribution in [3.05, 3.63) is 100 Å². The minimum atomic E-state index is -1.01. The van der Waals surface area contributed by atoms with Crippen molar-refractivity contribution in [2.45, 2.75) is 167 Å². The van der Waals surface area contributed by atoms with E-state index in [4.69, 9.17) is 0 Å². The summed E-state index contributed by atoms with van der Waals surface area (Å²) < 4.78 is 0. The third-order valence-corrected chi connectivity index (χ3v) is 15.5. The number of hydrogen-bond acceptors (Lipinski definition) is 11. The zero-order valence-corrected chi connectivity index (χ0v) is 49.5. The predicted octanol–water partition coefficient (Wildman–Crippen LogP) is 4.41. The van der Waals surface area contributed by atoms with Gasteiger partial charge in [0.2, 0.25) is 35.4 Å². The first kappa shape index (κ1) is 65.7. The molecule has 4 aliphatic rings. The number of nitrogens with one attached hydrogen (secondary N) is 8. The second-order valence-corrected chi connectivity index (χ2v) is 23.2. The Morgan fingerprint density at radius 3 is 1.25 bits per heavy atom. The summed E-state index contributed by atoms with van der Waals surface area (Å²) in [6, 6.07) is 13.2. The summed E-state index contributed by atoms with van der Waals surface area (Å²) in [5.41, 5.74) is 2.67. The van der Waals surface area contributed by atoms with Crippen LogP contribution in [0.25, 0.3) is 0 Å². The number of likely N-dealkylation sites (tertiary alicyclic amines) is 2. The number of hydrogen-bond donors (Lipinski definition) is 8. The number of aryl methyl sites for hydroxylation is 2. The van der Waals surface area contributed by atoms with E-state index in [2.05, 4.69) is 59.7 Å². The minimum Gasteiger partial charge on any atom is -0.347 e. The summed E-state index contributed by atoms with van der Waals surface area (Å²) in [5.74, 6) is -3.72. The van der Waals surface area contributed by atoms with E-state index in [0.29, 0.717) is 0 Å². The number of halogens is 3. The lowest BCUT2D eigenvalue weighted by Gasteiger charge is -2.36. The van der Waals surface area contributed by atoms with Gasteiger partial charge in [-0.2, -0.15) is 0 Å². The van der Waals surface area contributed by atoms with Crippen molar-refractivity contribution < 1.29 is 38.4 Å². The molecular formula is C57H82Cl3N11O8. The van der Waals surface area contributed by atoms with Crippen molar-refractivity contribution in [3.63, 3.8) is 0 Å². The molecule has 79 heavy (non-hydrogen) atoms. The summed E-state index contributed by atoms with van der Waals surface area (Å²) in [7, 11) is 3.29. The molecule has 0 bridgehead atoms. The van der Waals surface area contributed by atoms with Crippen LogP contribution in [0, 0.1) is 10.8 Å². The Labute approximate surface area is 483 Å². The number of carbonyl (C=O) groups excluding carboxylic acids is 8. The fourth-order valence-electron chi connectivity index (χ4n) is 10.8. The largest absolute Gasteiger partial charge is 0.347 e. The Morgan fingerprint density at radius 1 is 0.532 bits per heavy atom. The Morgan fingerprint density at radius 2 is 0.899 bits per heavy atom. The maximum atomic E-state index is 14.7. The molecule has 1 aromatic heterocycles. The van der Waals surface area contributed by atoms with Crippen molar-refractivity contribution in [3.8, 4) is 0 Å². The fourth-order valence-corrected chi connectivity index (χ4v) is 10.8. The van der Waals surface area contributed by atoms with Crippen LogP contribution in [-0.2, 0) is 41.6 Å². The lowest BCUT2D eigenvalue weighted by Crippen LogP contribution is -2.59. The molecule has 8 N–H and O–H groups in total. The lowest BCUT2D eigenvalue weighted by atomic mass is 9.85. The number of likely N-dealkylation sites (N-methyl/N-ethyl adjacent to an activating group) is 2. The van der Waals surface area contributed by atoms with Gasteiger partial charge < -0.3 is 52.3 Å². The van der Waals surface area contributed by atoms with Gasteiger partial charge in [0, 0.05) is 25.2 Å². The summed E-state index contributed by atoms with van der Waals surface area (Å²) >= 11 is 0. The minimum absolute atomic E-state index is 0. The molecule has 0 unspecified atom stereocenters. The van der Waals surface area contributed by atoms with Crippen molar-refractivity contribution >= 4 is 84.5 Å². The smallest absolute Gasteiger partial charge is 0.270 e. The molecule has 19 nitrogen and oxygen atoms in total. The fraction of sp³-hybridized carbons (Fsp3) is 0.561. The topological polar surface area (TPSA) is 252 Å². The van der Waals surface area contributed by atoms with E-state index in [1.807, 2.05) is 77.9 Å². The van der Waals surface area contributed by atoms with Gasteiger partial charge in [0.05, 0.1) is 24.2 Å². The van der Waals surface area contributed by atoms with E-state index in [0.717, 1.165) is 60.8 Å². The van der Waals surface area contributed by atoms with E-state index >= 15 is 0 Å². The average Bonchev–Trinajstić information content (AvgIpc) is 4.03. The highest BCUT2D eigenvalue weighted by Crippen LogP contribution is 2.34. The summed E-state index contributed by atoms with van der Waals surface area (Å²) in [6.07, 6.45) is 5.13. The number of carbonyl (C=O) groups is 8. The van der Waals surface area contributed by atoms with Crippen LogP contribution in [0.4, 0.5) is 0 Å². The number of fused-ring (bicyclic) bond motifs is 2. The predicted molar refractivity (Wildman–Crippen MR) is 309 cm³/mol. The zero-order valence-electron chi connectivity index (χ0n) is 47.0. The molecule has 2 saturated heterocycles. The van der Waals surface area contributed by atoms with Gasteiger partial charge in [-0.3, -0.25) is 38.4 Å². The zero-order chi connectivity index (χ0) is 55.2. The normalized spacial score (nSPS) is 22.0. The highest BCUT2D eigenvalue weighted by molar-refractivity contribution is 5.98. The molecule has 22 heteroatoms. The molecule has 3 heterocycles. The van der Waals surface area contributed by atoms with Gasteiger partial charge >= 0.3 is 0 Å². The van der Waals surface area contributed by atoms with Crippen LogP contribution in [0.1, 0.15) is 149 Å². The number of aromatic nitrogens is 1. The van der Waals surface area contributed by atoms with Gasteiger partial charge in [-0.15, -0.1) is 37.2 Å². The maximum absolute atomic E-state index is 14.7. The van der Waals surface area contributed by atoms with Gasteiger partial charge in [-0.25, -0.2) is 4.98 Å². The average molecular weight is 1160 g/mol. The highest BCUT2D eigenvalue weighted by atomic mass is 35.5. The lowest BCUT2D eigenvalue weighted by molar-refractivity contribution is -0.144. The molecule has 0 radical (unpaired) electrons. The van der Waals surface area contributed by atoms with Crippen LogP contribution < -0.4 is 42.5 Å². The first-order valence-corrected chi connectivity index (χ1v) is 26.9. The first-order valence-electron chi connectivity index (χ1n) is 26.9. The molecule has 434 valence electrons. The van der Waals surface area contributed by atoms with Gasteiger partial charge in [0.25, 0.3) is 11.8 Å². The van der Waals surface area contributed by atoms with E-state index in [-0.39, 0.29) is 110 Å². The molecule has 0 spiro atoms. The van der Waals surface area contributed by atoms with Crippen molar-refractivity contribution in [1.29, 1.82) is 0 Å². The summed E-state index contributed by atoms with van der Waals surface area (Å²) in [5, 5.41) is 24.0. The van der Waals surface area contributed by atoms with Crippen LogP contribution in [0.15, 0.2) is 66.7 Å². The molecular weight excluding hydrogens is 1070 g/mol. The van der Waals surface area contributed by atoms with Crippen molar-refractivity contribution in [2.24, 2.45) is 10.8 Å². The third kappa shape index (κ3) is 15.7. The highest BCUT2D eigenvalue weighted by Gasteiger charge is 2.48. The second-order valence-electron chi connectivity index (χ2n) is 23.2. The quantitative estimate of drug-likeness (QED) is 0.0998. The second kappa shape index (κ2) is 28.0. The molecule has 2 aliphatic heterocycles. The van der Waals surface area contributed by atoms with Crippen LogP contribution in [0.5, 0.6) is 0 Å². The Balaban J connectivity index is 0.00000448. The number of benzene rings is 2. The van der Waals surface area contributed by atoms with Gasteiger partial charge in [0.15, 0.2) is 0 Å². The number of pyridine rings is 1. The Kier molecular flexibility index (Phi) is 23.3. The molecule has 0 saturated carbocycles. The van der Waals surface area contributed by atoms with Crippen molar-refractivity contribution in [1.82, 2.24) is 57.3 Å². The number of rotatable bonds is 16. The number of amides is 8. The standard InChI is InChI=1S/C57H79N11O8.3ClH/c1-32(58-9)48(69)65-46(56(3,4)5)54(75)67-30-36(28-44(67)52(73)63-40-24-15-20-34-18-11-13-22-38(34)40)60-50(71)42-26-17-27-43(62-42)51(72)61-37-29-45(53(74)64-41-25-16-21-35-19-12-14-23-39(35)41)68(31-37)55(76)47(57(6,7)8)66-49(70)33(2)59-10;;;/h11-14,17-19,22-23,26-27,32-33,36-37,40-41,44-47,58-59H,15-16,20-21,24-25,28-31H2,1-10H3,(H,60,71)(H,61,72)(H,63,73)(H,64,74)(H,65,69)(H,66,70);3*1H/t32-,33-,36-,37-,40+,41+,44-,45-,46+,47+;;;/m0.../s1. The van der Waals surface area contributed by atoms with Gasteiger partial charge in [-0.1, -0.05) is 96.1 Å². The van der Waals surface area contributed by atoms with E-state index in [9.17, 15) is 38.4 Å². The van der Waals surface area contributed by atoms with Gasteiger partial charge in [-0.05, 0) is 125 Å². The number of nitrogens with zero attached hydrogens (tertiary/aromatic N) is 3. The molecule has 3 aromatic rings. The monoisotopic (exact) mass is 1150 g/mol. The third-order valence-electron chi connectivity index (χ3n) is 15.5. The Hall–Kier alpha value is -5.86. The van der Waals surface area contributed by atoms with Gasteiger partial charge in [0.1, 0.15) is 35.6 Å². The maximum Gasteiger partial charge on any atom is 0.270 e. The first-order chi connectivity index (χ1) is 36.0. The van der Waals surface area contributed by atoms with Crippen LogP contribution in [0.2, 0.25) is 0 Å². The Bertz CT molecular complexity index is 2510. The SMILES string of the molecule is CN[C@@H](C)C(=O)N[C@H](C(=O)N1C[C@@H](NC(=O)c2cccc(C(=O)N[C@H]3C[C@@H](C(=O)N[C@@H]4CCCc5ccccc54)N(C(=O)[C@@H](NC(=O)[C@H](C)NC)C(C)(C)C)C3)n2)C[C@H]1C(=O)N[C@@H]1CCCc2ccccc21)C(C)(C)C.Cl.Cl.Cl.